The zero-order valence-corrected chi connectivity index (χ0v) is 15.8. The molecule has 0 amide bonds. The van der Waals surface area contributed by atoms with E-state index in [-0.39, 0.29) is 36.6 Å². The van der Waals surface area contributed by atoms with Crippen LogP contribution in [0.5, 0.6) is 5.75 Å². The Morgan fingerprint density at radius 2 is 1.73 bits per heavy atom. The van der Waals surface area contributed by atoms with Crippen LogP contribution in [0.25, 0.3) is 0 Å². The number of hydrogen-bond acceptors (Lipinski definition) is 3. The Morgan fingerprint density at radius 1 is 1.15 bits per heavy atom. The molecule has 3 nitrogen and oxygen atoms in total. The van der Waals surface area contributed by atoms with Gasteiger partial charge in [-0.05, 0) is 30.5 Å². The second-order valence-electron chi connectivity index (χ2n) is 5.70. The quantitative estimate of drug-likeness (QED) is 0.489. The van der Waals surface area contributed by atoms with Crippen molar-refractivity contribution in [1.29, 1.82) is 0 Å². The Balaban J connectivity index is 0.00000312. The van der Waals surface area contributed by atoms with Crippen LogP contribution in [0.3, 0.4) is 0 Å². The van der Waals surface area contributed by atoms with E-state index in [1.54, 1.807) is 12.1 Å². The van der Waals surface area contributed by atoms with Gasteiger partial charge in [0.2, 0.25) is 0 Å². The topological polar surface area (TPSA) is 24.5 Å². The molecule has 0 spiro atoms. The summed E-state index contributed by atoms with van der Waals surface area (Å²) in [7, 11) is 0. The van der Waals surface area contributed by atoms with E-state index >= 15 is 0 Å². The third kappa shape index (κ3) is 6.95. The second kappa shape index (κ2) is 11.6. The van der Waals surface area contributed by atoms with E-state index in [2.05, 4.69) is 21.5 Å². The van der Waals surface area contributed by atoms with Gasteiger partial charge in [0, 0.05) is 32.2 Å². The number of allylic oxidation sites excluding steroid dienone is 1. The fourth-order valence-electron chi connectivity index (χ4n) is 2.79. The molecule has 1 aliphatic heterocycles. The number of benzene rings is 1. The minimum absolute atomic E-state index is 0. The van der Waals surface area contributed by atoms with E-state index in [0.717, 1.165) is 44.6 Å². The van der Waals surface area contributed by atoms with Gasteiger partial charge in [-0.25, -0.2) is 0 Å². The fourth-order valence-corrected chi connectivity index (χ4v) is 2.79. The number of hydrogen-bond donors (Lipinski definition) is 1. The minimum atomic E-state index is -4.48. The Bertz CT molecular complexity index is 526. The van der Waals surface area contributed by atoms with Crippen molar-refractivity contribution in [2.45, 2.75) is 31.4 Å². The van der Waals surface area contributed by atoms with Crippen LogP contribution >= 0.6 is 24.8 Å². The lowest BCUT2D eigenvalue weighted by Gasteiger charge is -2.35. The van der Waals surface area contributed by atoms with Gasteiger partial charge in [-0.2, -0.15) is 17.6 Å². The van der Waals surface area contributed by atoms with Gasteiger partial charge in [-0.3, -0.25) is 4.90 Å². The largest absolute Gasteiger partial charge is 0.461 e. The molecule has 0 saturated carbocycles. The molecule has 26 heavy (non-hydrogen) atoms. The maximum atomic E-state index is 13.0. The van der Waals surface area contributed by atoms with Crippen LogP contribution in [0.4, 0.5) is 17.6 Å². The summed E-state index contributed by atoms with van der Waals surface area (Å²) >= 11 is 0. The molecule has 1 saturated heterocycles. The smallest absolute Gasteiger partial charge is 0.428 e. The summed E-state index contributed by atoms with van der Waals surface area (Å²) < 4.78 is 54.4. The molecule has 1 atom stereocenters. The first-order valence-electron chi connectivity index (χ1n) is 7.94. The monoisotopic (exact) mass is 418 g/mol. The first-order valence-corrected chi connectivity index (χ1v) is 7.94. The molecule has 9 heteroatoms. The van der Waals surface area contributed by atoms with Gasteiger partial charge < -0.3 is 10.1 Å². The molecular formula is C17H24Cl2F4N2O. The lowest BCUT2D eigenvalue weighted by molar-refractivity contribution is -0.253. The van der Waals surface area contributed by atoms with Crippen molar-refractivity contribution in [2.75, 3.05) is 26.2 Å². The summed E-state index contributed by atoms with van der Waals surface area (Å²) in [5.74, 6) is -0.271. The fraction of sp³-hybridized carbons (Fsp3) is 0.529. The standard InChI is InChI=1S/C17H22F4N2O.2ClH/c1-2-3-4-15(23-11-9-22-10-12-23)13-5-7-14(8-6-13)24-17(20,21)16(18)19;;/h2,5-8,15-16,22H,1,3-4,9-12H2;2*1H/t15-;;/m0../s1. The molecule has 1 heterocycles. The number of nitrogens with zero attached hydrogens (tertiary/aromatic N) is 1. The van der Waals surface area contributed by atoms with Crippen molar-refractivity contribution in [3.05, 3.63) is 42.5 Å². The van der Waals surface area contributed by atoms with Crippen LogP contribution in [0.15, 0.2) is 36.9 Å². The van der Waals surface area contributed by atoms with Gasteiger partial charge in [0.1, 0.15) is 5.75 Å². The molecule has 1 N–H and O–H groups in total. The summed E-state index contributed by atoms with van der Waals surface area (Å²) in [5, 5.41) is 3.29. The van der Waals surface area contributed by atoms with Gasteiger partial charge in [0.25, 0.3) is 0 Å². The summed E-state index contributed by atoms with van der Waals surface area (Å²) in [6.45, 7) is 7.31. The minimum Gasteiger partial charge on any atom is -0.428 e. The second-order valence-corrected chi connectivity index (χ2v) is 5.70. The highest BCUT2D eigenvalue weighted by Crippen LogP contribution is 2.31. The van der Waals surface area contributed by atoms with Gasteiger partial charge >= 0.3 is 12.5 Å². The van der Waals surface area contributed by atoms with Crippen molar-refractivity contribution >= 4 is 24.8 Å². The normalized spacial score (nSPS) is 16.3. The number of piperazine rings is 1. The number of nitrogens with one attached hydrogen (secondary N) is 1. The molecule has 0 aliphatic carbocycles. The van der Waals surface area contributed by atoms with Crippen LogP contribution in [0.1, 0.15) is 24.4 Å². The Kier molecular flexibility index (Phi) is 11.2. The number of rotatable bonds is 8. The van der Waals surface area contributed by atoms with Crippen molar-refractivity contribution < 1.29 is 22.3 Å². The highest BCUT2D eigenvalue weighted by molar-refractivity contribution is 5.85. The van der Waals surface area contributed by atoms with Gasteiger partial charge in [0.15, 0.2) is 0 Å². The van der Waals surface area contributed by atoms with E-state index in [4.69, 9.17) is 0 Å². The van der Waals surface area contributed by atoms with Gasteiger partial charge in [0.05, 0.1) is 0 Å². The van der Waals surface area contributed by atoms with E-state index in [0.29, 0.717) is 0 Å². The Hall–Kier alpha value is -1.02. The molecular weight excluding hydrogens is 395 g/mol. The van der Waals surface area contributed by atoms with E-state index in [9.17, 15) is 17.6 Å². The maximum Gasteiger partial charge on any atom is 0.461 e. The zero-order valence-electron chi connectivity index (χ0n) is 14.2. The maximum absolute atomic E-state index is 13.0. The van der Waals surface area contributed by atoms with Gasteiger partial charge in [-0.15, -0.1) is 31.4 Å². The molecule has 0 unspecified atom stereocenters. The first kappa shape index (κ1) is 25.0. The predicted molar refractivity (Wildman–Crippen MR) is 99.1 cm³/mol. The average molecular weight is 419 g/mol. The molecule has 1 aromatic rings. The van der Waals surface area contributed by atoms with Crippen molar-refractivity contribution in [3.63, 3.8) is 0 Å². The third-order valence-corrected chi connectivity index (χ3v) is 4.01. The van der Waals surface area contributed by atoms with Crippen LogP contribution in [0.2, 0.25) is 0 Å². The van der Waals surface area contributed by atoms with Crippen molar-refractivity contribution in [3.8, 4) is 5.75 Å². The van der Waals surface area contributed by atoms with Crippen molar-refractivity contribution in [1.82, 2.24) is 10.2 Å². The van der Waals surface area contributed by atoms with Gasteiger partial charge in [-0.1, -0.05) is 18.2 Å². The van der Waals surface area contributed by atoms with E-state index < -0.39 is 12.5 Å². The highest BCUT2D eigenvalue weighted by atomic mass is 35.5. The first-order chi connectivity index (χ1) is 11.4. The highest BCUT2D eigenvalue weighted by Gasteiger charge is 2.43. The molecule has 1 fully saturated rings. The molecule has 1 aromatic carbocycles. The molecule has 0 radical (unpaired) electrons. The number of alkyl halides is 4. The molecule has 0 aromatic heterocycles. The molecule has 150 valence electrons. The third-order valence-electron chi connectivity index (χ3n) is 4.01. The van der Waals surface area contributed by atoms with Crippen LogP contribution in [0, 0.1) is 0 Å². The number of ether oxygens (including phenoxy) is 1. The zero-order chi connectivity index (χ0) is 17.6. The van der Waals surface area contributed by atoms with Crippen molar-refractivity contribution in [2.24, 2.45) is 0 Å². The summed E-state index contributed by atoms with van der Waals surface area (Å²) in [6, 6.07) is 6.08. The predicted octanol–water partition coefficient (Wildman–Crippen LogP) is 4.68. The Labute approximate surface area is 163 Å². The summed E-state index contributed by atoms with van der Waals surface area (Å²) in [6.07, 6.45) is -4.82. The average Bonchev–Trinajstić information content (AvgIpc) is 2.57. The number of halogens is 6. The van der Waals surface area contributed by atoms with E-state index in [1.807, 2.05) is 6.08 Å². The summed E-state index contributed by atoms with van der Waals surface area (Å²) in [5.41, 5.74) is 0.950. The van der Waals surface area contributed by atoms with Crippen LogP contribution in [-0.2, 0) is 0 Å². The lowest BCUT2D eigenvalue weighted by atomic mass is 9.99. The molecule has 2 rings (SSSR count). The van der Waals surface area contributed by atoms with Crippen LogP contribution < -0.4 is 10.1 Å². The summed E-state index contributed by atoms with van der Waals surface area (Å²) in [4.78, 5) is 2.32. The SMILES string of the molecule is C=CCC[C@@H](c1ccc(OC(F)(F)C(F)F)cc1)N1CCNCC1.Cl.Cl. The van der Waals surface area contributed by atoms with E-state index in [1.165, 1.54) is 12.1 Å². The molecule has 0 bridgehead atoms. The molecule has 1 aliphatic rings. The van der Waals surface area contributed by atoms with Crippen LogP contribution in [-0.4, -0.2) is 43.6 Å². The lowest BCUT2D eigenvalue weighted by Crippen LogP contribution is -2.45. The Morgan fingerprint density at radius 3 is 2.23 bits per heavy atom.